The Morgan fingerprint density at radius 3 is 0.920 bits per heavy atom. The topological polar surface area (TPSA) is 0 Å². The molecule has 2 aliphatic carbocycles. The van der Waals surface area contributed by atoms with Crippen molar-refractivity contribution in [3.05, 3.63) is 372 Å². The average molecular weight is 1160 g/mol. The summed E-state index contributed by atoms with van der Waals surface area (Å²) in [4.78, 5) is 0. The normalized spacial score (nSPS) is 13.6. The van der Waals surface area contributed by atoms with Crippen molar-refractivity contribution in [2.75, 3.05) is 0 Å². The molecule has 0 N–H and O–H groups in total. The minimum absolute atomic E-state index is 0.440. The number of rotatable bonds is 11. The Bertz CT molecular complexity index is 4890. The molecule has 0 saturated heterocycles. The maximum Gasteiger partial charge on any atom is 0.112 e. The van der Waals surface area contributed by atoms with Crippen LogP contribution in [0.25, 0.3) is 77.2 Å². The van der Waals surface area contributed by atoms with E-state index in [1.165, 1.54) is 142 Å². The summed E-state index contributed by atoms with van der Waals surface area (Å²) in [5, 5.41) is 10.7. The second-order valence-electron chi connectivity index (χ2n) is 25.4. The summed E-state index contributed by atoms with van der Waals surface area (Å²) in [6.45, 7) is 10.1. The lowest BCUT2D eigenvalue weighted by molar-refractivity contribution is 0.769. The lowest BCUT2D eigenvalue weighted by Crippen LogP contribution is -2.53. The van der Waals surface area contributed by atoms with Crippen LogP contribution in [0.5, 0.6) is 0 Å². The van der Waals surface area contributed by atoms with Gasteiger partial charge in [-0.05, 0) is 128 Å². The van der Waals surface area contributed by atoms with Crippen LogP contribution in [0.1, 0.15) is 44.5 Å². The zero-order valence-electron chi connectivity index (χ0n) is 50.2. The quantitative estimate of drug-likeness (QED) is 0.0894. The van der Waals surface area contributed by atoms with Crippen molar-refractivity contribution in [1.29, 1.82) is 0 Å². The van der Waals surface area contributed by atoms with Gasteiger partial charge >= 0.3 is 0 Å². The molecule has 14 aromatic rings. The standard InChI is InChI=1S/C86H66Si2/c1-87(2,69-51-54-73-71-36-22-24-40-79(71)85(81(73)57-69,63-28-12-6-13-29-63)64-30-14-7-15-31-64)67-47-42-60(43-48-67)83-75-38-20-21-39-76(75)84(78-56-62(46-53-77(78)83)59-26-10-5-11-27-59)61-44-49-68(50-45-61)88(3,4)70-52-55-74-72-37-23-25-41-80(72)86(82(74)58-70,65-32-16-8-17-33-65)66-34-18-9-19-35-66/h5-58H,1-4H3. The lowest BCUT2D eigenvalue weighted by atomic mass is 9.68. The van der Waals surface area contributed by atoms with Crippen molar-refractivity contribution >= 4 is 58.4 Å². The molecule has 418 valence electrons. The highest BCUT2D eigenvalue weighted by Gasteiger charge is 2.48. The van der Waals surface area contributed by atoms with Crippen LogP contribution in [0.2, 0.25) is 26.2 Å². The van der Waals surface area contributed by atoms with E-state index in [2.05, 4.69) is 354 Å². The second kappa shape index (κ2) is 20.9. The Morgan fingerprint density at radius 2 is 0.511 bits per heavy atom. The first-order chi connectivity index (χ1) is 43.2. The van der Waals surface area contributed by atoms with Gasteiger partial charge in [0.25, 0.3) is 0 Å². The fourth-order valence-electron chi connectivity index (χ4n) is 15.7. The molecule has 0 spiro atoms. The summed E-state index contributed by atoms with van der Waals surface area (Å²) in [6.07, 6.45) is 0. The van der Waals surface area contributed by atoms with E-state index in [-0.39, 0.29) is 0 Å². The van der Waals surface area contributed by atoms with Crippen molar-refractivity contribution in [2.24, 2.45) is 0 Å². The van der Waals surface area contributed by atoms with E-state index in [1.807, 2.05) is 0 Å². The highest BCUT2D eigenvalue weighted by molar-refractivity contribution is 7.01. The molecule has 0 aliphatic heterocycles. The van der Waals surface area contributed by atoms with Gasteiger partial charge in [-0.2, -0.15) is 0 Å². The highest BCUT2D eigenvalue weighted by Crippen LogP contribution is 2.58. The molecular weight excluding hydrogens is 1090 g/mol. The van der Waals surface area contributed by atoms with Gasteiger partial charge in [-0.1, -0.05) is 368 Å². The summed E-state index contributed by atoms with van der Waals surface area (Å²) < 4.78 is 0. The van der Waals surface area contributed by atoms with Gasteiger partial charge in [0.2, 0.25) is 0 Å². The molecule has 0 bridgehead atoms. The van der Waals surface area contributed by atoms with Gasteiger partial charge in [0.15, 0.2) is 0 Å². The van der Waals surface area contributed by atoms with Gasteiger partial charge in [0, 0.05) is 0 Å². The first kappa shape index (κ1) is 53.5. The molecule has 0 atom stereocenters. The molecular formula is C86H66Si2. The predicted octanol–water partition coefficient (Wildman–Crippen LogP) is 19.4. The van der Waals surface area contributed by atoms with Crippen LogP contribution in [0, 0.1) is 0 Å². The summed E-state index contributed by atoms with van der Waals surface area (Å²) >= 11 is 0. The van der Waals surface area contributed by atoms with Crippen LogP contribution in [0.4, 0.5) is 0 Å². The zero-order valence-corrected chi connectivity index (χ0v) is 52.2. The first-order valence-corrected chi connectivity index (χ1v) is 37.1. The van der Waals surface area contributed by atoms with Gasteiger partial charge in [0.05, 0.1) is 10.8 Å². The van der Waals surface area contributed by atoms with Crippen LogP contribution in [0.3, 0.4) is 0 Å². The molecule has 0 radical (unpaired) electrons. The Hall–Kier alpha value is -9.97. The van der Waals surface area contributed by atoms with Crippen LogP contribution in [-0.2, 0) is 10.8 Å². The molecule has 0 unspecified atom stereocenters. The van der Waals surface area contributed by atoms with Crippen molar-refractivity contribution in [1.82, 2.24) is 0 Å². The molecule has 0 aromatic heterocycles. The fourth-order valence-corrected chi connectivity index (χ4v) is 20.4. The third-order valence-electron chi connectivity index (χ3n) is 20.3. The summed E-state index contributed by atoms with van der Waals surface area (Å²) in [5.74, 6) is 0. The van der Waals surface area contributed by atoms with E-state index in [9.17, 15) is 0 Å². The first-order valence-electron chi connectivity index (χ1n) is 31.1. The van der Waals surface area contributed by atoms with Crippen LogP contribution in [0.15, 0.2) is 328 Å². The van der Waals surface area contributed by atoms with Gasteiger partial charge < -0.3 is 0 Å². The van der Waals surface area contributed by atoms with Crippen LogP contribution < -0.4 is 20.7 Å². The van der Waals surface area contributed by atoms with E-state index < -0.39 is 27.0 Å². The smallest absolute Gasteiger partial charge is 0.0622 e. The molecule has 88 heavy (non-hydrogen) atoms. The van der Waals surface area contributed by atoms with E-state index in [4.69, 9.17) is 0 Å². The van der Waals surface area contributed by atoms with Gasteiger partial charge in [0.1, 0.15) is 16.1 Å². The third kappa shape index (κ3) is 8.09. The minimum Gasteiger partial charge on any atom is -0.0622 e. The van der Waals surface area contributed by atoms with Crippen LogP contribution >= 0.6 is 0 Å². The average Bonchev–Trinajstić information content (AvgIpc) is 1.55. The number of hydrogen-bond donors (Lipinski definition) is 0. The van der Waals surface area contributed by atoms with E-state index in [1.54, 1.807) is 0 Å². The maximum atomic E-state index is 2.59. The zero-order chi connectivity index (χ0) is 59.2. The number of fused-ring (bicyclic) bond motifs is 8. The van der Waals surface area contributed by atoms with Gasteiger partial charge in [-0.15, -0.1) is 0 Å². The van der Waals surface area contributed by atoms with E-state index in [0.717, 1.165) is 0 Å². The summed E-state index contributed by atoms with van der Waals surface area (Å²) in [5.41, 5.74) is 22.4. The molecule has 16 rings (SSSR count). The monoisotopic (exact) mass is 1150 g/mol. The second-order valence-corrected chi connectivity index (χ2v) is 34.2. The van der Waals surface area contributed by atoms with Crippen LogP contribution in [-0.4, -0.2) is 16.1 Å². The molecule has 0 saturated carbocycles. The number of hydrogen-bond acceptors (Lipinski definition) is 0. The van der Waals surface area contributed by atoms with Gasteiger partial charge in [-0.3, -0.25) is 0 Å². The minimum atomic E-state index is -2.29. The molecule has 14 aromatic carbocycles. The Labute approximate surface area is 519 Å². The molecule has 2 heteroatoms. The van der Waals surface area contributed by atoms with E-state index >= 15 is 0 Å². The fraction of sp³-hybridized carbons (Fsp3) is 0.0698. The van der Waals surface area contributed by atoms with Gasteiger partial charge in [-0.25, -0.2) is 0 Å². The molecule has 2 aliphatic rings. The van der Waals surface area contributed by atoms with E-state index in [0.29, 0.717) is 0 Å². The molecule has 0 heterocycles. The summed E-state index contributed by atoms with van der Waals surface area (Å²) in [7, 11) is -4.58. The Morgan fingerprint density at radius 1 is 0.205 bits per heavy atom. The summed E-state index contributed by atoms with van der Waals surface area (Å²) in [6, 6.07) is 124. The molecule has 0 amide bonds. The molecule has 0 fully saturated rings. The van der Waals surface area contributed by atoms with Crippen molar-refractivity contribution in [3.63, 3.8) is 0 Å². The largest absolute Gasteiger partial charge is 0.112 e. The SMILES string of the molecule is C[Si](C)(c1ccc(-c2c3ccccc3c(-c3ccc([Si](C)(C)c4ccc5c(c4)C(c4ccccc4)(c4ccccc4)c4ccccc4-5)cc3)c3cc(-c4ccccc4)ccc23)cc1)c1ccc2c(c1)C(c1ccccc1)(c1ccccc1)c1ccccc1-2. The maximum absolute atomic E-state index is 2.59. The van der Waals surface area contributed by atoms with Crippen molar-refractivity contribution in [3.8, 4) is 55.6 Å². The molecule has 0 nitrogen and oxygen atoms in total. The Balaban J connectivity index is 0.799. The van der Waals surface area contributed by atoms with Crippen molar-refractivity contribution in [2.45, 2.75) is 37.0 Å². The van der Waals surface area contributed by atoms with Crippen molar-refractivity contribution < 1.29 is 0 Å². The number of benzene rings is 14. The Kier molecular flexibility index (Phi) is 12.7. The lowest BCUT2D eigenvalue weighted by Gasteiger charge is -2.35. The third-order valence-corrected chi connectivity index (χ3v) is 27.3. The highest BCUT2D eigenvalue weighted by atomic mass is 28.3. The predicted molar refractivity (Wildman–Crippen MR) is 379 cm³/mol.